The molecule has 60 heavy (non-hydrogen) atoms. The summed E-state index contributed by atoms with van der Waals surface area (Å²) in [6, 6.07) is 53.4. The minimum absolute atomic E-state index is 0. The van der Waals surface area contributed by atoms with E-state index in [-0.39, 0.29) is 30.8 Å². The maximum Gasteiger partial charge on any atom is 2.00 e. The molecule has 0 atom stereocenters. The summed E-state index contributed by atoms with van der Waals surface area (Å²) in [5.41, 5.74) is 7.62. The molecule has 5 nitrogen and oxygen atoms in total. The molecule has 0 saturated carbocycles. The summed E-state index contributed by atoms with van der Waals surface area (Å²) in [7, 11) is -2.21. The first-order chi connectivity index (χ1) is 27.9. The Labute approximate surface area is 375 Å². The van der Waals surface area contributed by atoms with Crippen molar-refractivity contribution >= 4 is 27.6 Å². The van der Waals surface area contributed by atoms with E-state index in [0.29, 0.717) is 19.0 Å². The van der Waals surface area contributed by atoms with Crippen LogP contribution >= 0.6 is 0 Å². The first-order valence-electron chi connectivity index (χ1n) is 20.7. The summed E-state index contributed by atoms with van der Waals surface area (Å²) in [4.78, 5) is 7.01. The minimum Gasteiger partial charge on any atom is -0.872 e. The molecule has 6 aromatic carbocycles. The summed E-state index contributed by atoms with van der Waals surface area (Å²) in [6.45, 7) is 25.4. The van der Waals surface area contributed by atoms with Gasteiger partial charge in [0.05, 0.1) is 12.0 Å². The van der Waals surface area contributed by atoms with Gasteiger partial charge in [-0.05, 0) is 74.6 Å². The molecule has 0 bridgehead atoms. The first kappa shape index (κ1) is 48.2. The van der Waals surface area contributed by atoms with Gasteiger partial charge in [0.1, 0.15) is 5.52 Å². The number of para-hydroxylation sites is 2. The van der Waals surface area contributed by atoms with Gasteiger partial charge in [0, 0.05) is 12.1 Å². The van der Waals surface area contributed by atoms with Crippen LogP contribution in [0.25, 0.3) is 15.7 Å². The fourth-order valence-corrected chi connectivity index (χ4v) is 15.8. The van der Waals surface area contributed by atoms with Gasteiger partial charge in [0.2, 0.25) is 5.89 Å². The summed E-state index contributed by atoms with van der Waals surface area (Å²) < 4.78 is 10.9. The van der Waals surface area contributed by atoms with Crippen molar-refractivity contribution in [3.8, 4) is 5.75 Å². The SMILES string of the molecule is C[Si](C)(C)[N-][Si](C)(C)C.Cc1cc(CN(Cc2nc3ccccc3o2)C(C)(C)C)c([O-])c(C(c2ccccc2)(c2ccccc2)c2ccccc2)c1.Cc1ccccc1.[Zn+2]. The van der Waals surface area contributed by atoms with E-state index in [9.17, 15) is 5.11 Å². The van der Waals surface area contributed by atoms with Crippen molar-refractivity contribution in [2.75, 3.05) is 0 Å². The molecule has 0 radical (unpaired) electrons. The number of nitrogens with zero attached hydrogens (tertiary/aromatic N) is 3. The molecule has 0 aliphatic carbocycles. The Morgan fingerprint density at radius 2 is 1.02 bits per heavy atom. The van der Waals surface area contributed by atoms with Gasteiger partial charge in [-0.2, -0.15) is 0 Å². The van der Waals surface area contributed by atoms with Crippen molar-refractivity contribution in [1.29, 1.82) is 0 Å². The number of benzene rings is 6. The largest absolute Gasteiger partial charge is 2.00 e. The molecular weight excluding hydrogens is 820 g/mol. The first-order valence-corrected chi connectivity index (χ1v) is 27.6. The van der Waals surface area contributed by atoms with Crippen molar-refractivity contribution in [2.24, 2.45) is 0 Å². The fourth-order valence-electron chi connectivity index (χ4n) is 7.70. The molecule has 1 aromatic heterocycles. The smallest absolute Gasteiger partial charge is 0.872 e. The molecule has 308 valence electrons. The van der Waals surface area contributed by atoms with E-state index in [4.69, 9.17) is 14.0 Å². The van der Waals surface area contributed by atoms with E-state index in [1.807, 2.05) is 66.7 Å². The quantitative estimate of drug-likeness (QED) is 0.101. The molecular formula is C52H63N3O2Si2Zn. The Morgan fingerprint density at radius 3 is 1.40 bits per heavy atom. The molecule has 0 unspecified atom stereocenters. The monoisotopic (exact) mass is 881 g/mol. The van der Waals surface area contributed by atoms with Crippen LogP contribution in [0.15, 0.2) is 162 Å². The van der Waals surface area contributed by atoms with E-state index in [2.05, 4.69) is 170 Å². The Kier molecular flexibility index (Phi) is 16.8. The summed E-state index contributed by atoms with van der Waals surface area (Å²) in [5.74, 6) is 0.692. The Morgan fingerprint density at radius 1 is 0.583 bits per heavy atom. The second-order valence-electron chi connectivity index (χ2n) is 18.4. The zero-order chi connectivity index (χ0) is 42.8. The maximum atomic E-state index is 14.9. The molecule has 0 fully saturated rings. The van der Waals surface area contributed by atoms with Gasteiger partial charge in [-0.25, -0.2) is 4.98 Å². The van der Waals surface area contributed by atoms with Crippen LogP contribution in [0.4, 0.5) is 0 Å². The third-order valence-electron chi connectivity index (χ3n) is 9.92. The van der Waals surface area contributed by atoms with Crippen molar-refractivity contribution in [3.05, 3.63) is 207 Å². The molecule has 8 heteroatoms. The van der Waals surface area contributed by atoms with Crippen molar-refractivity contribution < 1.29 is 29.0 Å². The molecule has 1 heterocycles. The number of aryl methyl sites for hydroxylation is 2. The van der Waals surface area contributed by atoms with Crippen molar-refractivity contribution in [3.63, 3.8) is 0 Å². The normalized spacial score (nSPS) is 11.9. The van der Waals surface area contributed by atoms with E-state index in [1.54, 1.807) is 0 Å². The third-order valence-corrected chi connectivity index (χ3v) is 15.3. The van der Waals surface area contributed by atoms with Gasteiger partial charge in [0.25, 0.3) is 0 Å². The number of hydrogen-bond acceptors (Lipinski definition) is 4. The number of fused-ring (bicyclic) bond motifs is 1. The van der Waals surface area contributed by atoms with E-state index in [0.717, 1.165) is 44.5 Å². The predicted octanol–water partition coefficient (Wildman–Crippen LogP) is 13.4. The van der Waals surface area contributed by atoms with Gasteiger partial charge < -0.3 is 14.2 Å². The van der Waals surface area contributed by atoms with Crippen LogP contribution in [0, 0.1) is 13.8 Å². The van der Waals surface area contributed by atoms with Crippen LogP contribution in [-0.4, -0.2) is 31.9 Å². The standard InChI is InChI=1S/C39H38N2O2.C7H8.C6H18NSi2.Zn/c1-28-24-29(26-41(38(2,3)4)27-36-40-34-22-14-15-23-35(34)43-36)37(42)33(25-28)39(30-16-8-5-9-17-30,31-18-10-6-11-19-31)32-20-12-7-13-21-32;1-7-5-3-2-4-6-7;1-8(2,3)7-9(4,5)6;/h5-25,42H,26-27H2,1-4H3;2-6H,1H3;1-6H3;/q;;-1;+2/p-1. The molecule has 0 aliphatic rings. The molecule has 0 amide bonds. The minimum atomic E-state index is -1.11. The topological polar surface area (TPSA) is 66.4 Å². The number of oxazole rings is 1. The van der Waals surface area contributed by atoms with Crippen LogP contribution < -0.4 is 5.11 Å². The third kappa shape index (κ3) is 13.0. The van der Waals surface area contributed by atoms with E-state index in [1.165, 1.54) is 5.56 Å². The number of hydrogen-bond donors (Lipinski definition) is 0. The van der Waals surface area contributed by atoms with Gasteiger partial charge in [0.15, 0.2) is 5.58 Å². The van der Waals surface area contributed by atoms with Gasteiger partial charge in [-0.3, -0.25) is 4.90 Å². The maximum absolute atomic E-state index is 14.9. The van der Waals surface area contributed by atoms with Crippen LogP contribution in [-0.2, 0) is 38.0 Å². The second kappa shape index (κ2) is 20.9. The average molecular weight is 884 g/mol. The molecule has 0 N–H and O–H groups in total. The Hall–Kier alpha value is -4.43. The average Bonchev–Trinajstić information content (AvgIpc) is 3.60. The van der Waals surface area contributed by atoms with Crippen LogP contribution in [0.5, 0.6) is 5.75 Å². The van der Waals surface area contributed by atoms with Gasteiger partial charge in [-0.15, -0.1) is 0 Å². The fraction of sp³-hybridized carbons (Fsp3) is 0.288. The van der Waals surface area contributed by atoms with E-state index < -0.39 is 21.9 Å². The van der Waals surface area contributed by atoms with Crippen LogP contribution in [0.3, 0.4) is 0 Å². The summed E-state index contributed by atoms with van der Waals surface area (Å²) in [6.07, 6.45) is 0. The van der Waals surface area contributed by atoms with Crippen LogP contribution in [0.2, 0.25) is 39.3 Å². The zero-order valence-electron chi connectivity index (χ0n) is 37.8. The number of rotatable bonds is 10. The van der Waals surface area contributed by atoms with Gasteiger partial charge >= 0.3 is 19.5 Å². The van der Waals surface area contributed by atoms with Gasteiger partial charge in [-0.1, -0.05) is 218 Å². The van der Waals surface area contributed by atoms with Crippen molar-refractivity contribution in [2.45, 2.75) is 97.9 Å². The van der Waals surface area contributed by atoms with Crippen molar-refractivity contribution in [1.82, 2.24) is 9.88 Å². The zero-order valence-corrected chi connectivity index (χ0v) is 42.8. The molecule has 0 aliphatic heterocycles. The second-order valence-corrected chi connectivity index (χ2v) is 27.9. The molecule has 0 saturated heterocycles. The van der Waals surface area contributed by atoms with Crippen LogP contribution in [0.1, 0.15) is 65.6 Å². The molecule has 0 spiro atoms. The Bertz CT molecular complexity index is 2210. The molecule has 7 aromatic rings. The van der Waals surface area contributed by atoms with E-state index >= 15 is 0 Å². The summed E-state index contributed by atoms with van der Waals surface area (Å²) >= 11 is 0. The Balaban J connectivity index is 0.000000392. The molecule has 7 rings (SSSR count). The predicted molar refractivity (Wildman–Crippen MR) is 253 cm³/mol. The summed E-state index contributed by atoms with van der Waals surface area (Å²) in [5, 5.41) is 14.9. The number of aromatic nitrogens is 1.